The van der Waals surface area contributed by atoms with Crippen LogP contribution in [-0.4, -0.2) is 23.5 Å². The van der Waals surface area contributed by atoms with Crippen molar-refractivity contribution in [3.05, 3.63) is 23.9 Å². The minimum atomic E-state index is -0.133. The quantitative estimate of drug-likeness (QED) is 0.829. The number of rotatable bonds is 5. The van der Waals surface area contributed by atoms with E-state index in [4.69, 9.17) is 4.74 Å². The van der Waals surface area contributed by atoms with Crippen LogP contribution < -0.4 is 10.1 Å². The molecule has 1 aromatic rings. The molecule has 0 aliphatic heterocycles. The molecule has 4 heteroatoms. The second-order valence-electron chi connectivity index (χ2n) is 3.57. The van der Waals surface area contributed by atoms with E-state index in [-0.39, 0.29) is 11.9 Å². The standard InChI is InChI=1S/C12H18N2O2/c1-4-9(3)14-11(15)10-7-6-8-13-12(10)16-5-2/h6-9H,4-5H2,1-3H3,(H,14,15)/t9-/m0/s1. The van der Waals surface area contributed by atoms with E-state index in [0.717, 1.165) is 6.42 Å². The lowest BCUT2D eigenvalue weighted by atomic mass is 10.2. The number of ether oxygens (including phenoxy) is 1. The van der Waals surface area contributed by atoms with Crippen LogP contribution >= 0.6 is 0 Å². The zero-order chi connectivity index (χ0) is 12.0. The molecule has 88 valence electrons. The molecule has 4 nitrogen and oxygen atoms in total. The van der Waals surface area contributed by atoms with Gasteiger partial charge in [-0.05, 0) is 32.4 Å². The Labute approximate surface area is 96.0 Å². The second kappa shape index (κ2) is 6.10. The molecule has 0 fully saturated rings. The molecule has 0 unspecified atom stereocenters. The van der Waals surface area contributed by atoms with Crippen molar-refractivity contribution in [1.29, 1.82) is 0 Å². The molecule has 1 aromatic heterocycles. The maximum absolute atomic E-state index is 11.9. The fourth-order valence-electron chi connectivity index (χ4n) is 1.22. The predicted molar refractivity (Wildman–Crippen MR) is 62.6 cm³/mol. The van der Waals surface area contributed by atoms with Crippen molar-refractivity contribution in [2.75, 3.05) is 6.61 Å². The largest absolute Gasteiger partial charge is 0.477 e. The van der Waals surface area contributed by atoms with Gasteiger partial charge in [-0.15, -0.1) is 0 Å². The van der Waals surface area contributed by atoms with E-state index in [1.807, 2.05) is 20.8 Å². The van der Waals surface area contributed by atoms with Crippen molar-refractivity contribution in [2.45, 2.75) is 33.2 Å². The lowest BCUT2D eigenvalue weighted by Gasteiger charge is -2.13. The first-order chi connectivity index (χ1) is 7.69. The van der Waals surface area contributed by atoms with E-state index >= 15 is 0 Å². The molecule has 1 atom stereocenters. The van der Waals surface area contributed by atoms with Crippen LogP contribution in [0.25, 0.3) is 0 Å². The molecule has 1 rings (SSSR count). The minimum Gasteiger partial charge on any atom is -0.477 e. The molecule has 0 radical (unpaired) electrons. The molecule has 1 N–H and O–H groups in total. The van der Waals surface area contributed by atoms with Gasteiger partial charge in [0, 0.05) is 12.2 Å². The Kier molecular flexibility index (Phi) is 4.76. The maximum Gasteiger partial charge on any atom is 0.256 e. The van der Waals surface area contributed by atoms with Crippen LogP contribution in [0.5, 0.6) is 5.88 Å². The average molecular weight is 222 g/mol. The van der Waals surface area contributed by atoms with E-state index in [2.05, 4.69) is 10.3 Å². The Morgan fingerprint density at radius 3 is 2.94 bits per heavy atom. The highest BCUT2D eigenvalue weighted by Crippen LogP contribution is 2.14. The SMILES string of the molecule is CCOc1ncccc1C(=O)N[C@@H](C)CC. The van der Waals surface area contributed by atoms with Gasteiger partial charge >= 0.3 is 0 Å². The molecular weight excluding hydrogens is 204 g/mol. The zero-order valence-corrected chi connectivity index (χ0v) is 9.99. The number of amides is 1. The number of nitrogens with one attached hydrogen (secondary N) is 1. The van der Waals surface area contributed by atoms with Gasteiger partial charge in [0.1, 0.15) is 5.56 Å². The highest BCUT2D eigenvalue weighted by Gasteiger charge is 2.14. The first-order valence-corrected chi connectivity index (χ1v) is 5.57. The maximum atomic E-state index is 11.9. The number of aromatic nitrogens is 1. The molecule has 16 heavy (non-hydrogen) atoms. The lowest BCUT2D eigenvalue weighted by molar-refractivity contribution is 0.0934. The van der Waals surface area contributed by atoms with Gasteiger partial charge in [0.05, 0.1) is 6.61 Å². The van der Waals surface area contributed by atoms with Crippen LogP contribution in [0, 0.1) is 0 Å². The number of pyridine rings is 1. The van der Waals surface area contributed by atoms with Crippen LogP contribution in [0.3, 0.4) is 0 Å². The monoisotopic (exact) mass is 222 g/mol. The number of hydrogen-bond donors (Lipinski definition) is 1. The number of hydrogen-bond acceptors (Lipinski definition) is 3. The third kappa shape index (κ3) is 3.22. The minimum absolute atomic E-state index is 0.133. The molecule has 0 spiro atoms. The van der Waals surface area contributed by atoms with Crippen LogP contribution in [0.15, 0.2) is 18.3 Å². The van der Waals surface area contributed by atoms with Gasteiger partial charge in [-0.2, -0.15) is 0 Å². The fourth-order valence-corrected chi connectivity index (χ4v) is 1.22. The van der Waals surface area contributed by atoms with Crippen molar-refractivity contribution in [1.82, 2.24) is 10.3 Å². The summed E-state index contributed by atoms with van der Waals surface area (Å²) in [6.07, 6.45) is 2.51. The first-order valence-electron chi connectivity index (χ1n) is 5.57. The predicted octanol–water partition coefficient (Wildman–Crippen LogP) is 2.01. The van der Waals surface area contributed by atoms with E-state index in [0.29, 0.717) is 18.1 Å². The summed E-state index contributed by atoms with van der Waals surface area (Å²) in [7, 11) is 0. The van der Waals surface area contributed by atoms with Crippen LogP contribution in [0.4, 0.5) is 0 Å². The molecule has 0 aliphatic carbocycles. The smallest absolute Gasteiger partial charge is 0.256 e. The van der Waals surface area contributed by atoms with Gasteiger partial charge in [-0.25, -0.2) is 4.98 Å². The van der Waals surface area contributed by atoms with Crippen molar-refractivity contribution in [3.63, 3.8) is 0 Å². The summed E-state index contributed by atoms with van der Waals surface area (Å²) in [5.74, 6) is 0.261. The summed E-state index contributed by atoms with van der Waals surface area (Å²) in [5.41, 5.74) is 0.490. The van der Waals surface area contributed by atoms with Crippen LogP contribution in [0.1, 0.15) is 37.6 Å². The third-order valence-corrected chi connectivity index (χ3v) is 2.29. The molecule has 0 saturated heterocycles. The Morgan fingerprint density at radius 2 is 2.31 bits per heavy atom. The Hall–Kier alpha value is -1.58. The summed E-state index contributed by atoms with van der Waals surface area (Å²) >= 11 is 0. The summed E-state index contributed by atoms with van der Waals surface area (Å²) < 4.78 is 5.30. The third-order valence-electron chi connectivity index (χ3n) is 2.29. The fraction of sp³-hybridized carbons (Fsp3) is 0.500. The average Bonchev–Trinajstić information content (AvgIpc) is 2.30. The van der Waals surface area contributed by atoms with Crippen LogP contribution in [0.2, 0.25) is 0 Å². The number of carbonyl (C=O) groups excluding carboxylic acids is 1. The normalized spacial score (nSPS) is 11.9. The van der Waals surface area contributed by atoms with Gasteiger partial charge in [0.2, 0.25) is 5.88 Å². The second-order valence-corrected chi connectivity index (χ2v) is 3.57. The summed E-state index contributed by atoms with van der Waals surface area (Å²) in [5, 5.41) is 2.89. The molecule has 0 bridgehead atoms. The molecular formula is C12H18N2O2. The molecule has 1 heterocycles. The van der Waals surface area contributed by atoms with Crippen molar-refractivity contribution >= 4 is 5.91 Å². The van der Waals surface area contributed by atoms with Gasteiger partial charge in [0.15, 0.2) is 0 Å². The number of carbonyl (C=O) groups is 1. The highest BCUT2D eigenvalue weighted by molar-refractivity contribution is 5.96. The van der Waals surface area contributed by atoms with E-state index < -0.39 is 0 Å². The molecule has 0 aliphatic rings. The topological polar surface area (TPSA) is 51.2 Å². The Balaban J connectivity index is 2.81. The first kappa shape index (κ1) is 12.5. The van der Waals surface area contributed by atoms with Crippen molar-refractivity contribution < 1.29 is 9.53 Å². The van der Waals surface area contributed by atoms with E-state index in [1.165, 1.54) is 0 Å². The lowest BCUT2D eigenvalue weighted by Crippen LogP contribution is -2.32. The number of nitrogens with zero attached hydrogens (tertiary/aromatic N) is 1. The van der Waals surface area contributed by atoms with Crippen LogP contribution in [-0.2, 0) is 0 Å². The van der Waals surface area contributed by atoms with Gasteiger partial charge in [0.25, 0.3) is 5.91 Å². The summed E-state index contributed by atoms with van der Waals surface area (Å²) in [6.45, 7) is 6.36. The van der Waals surface area contributed by atoms with E-state index in [9.17, 15) is 4.79 Å². The molecule has 0 aromatic carbocycles. The van der Waals surface area contributed by atoms with Crippen molar-refractivity contribution in [3.8, 4) is 5.88 Å². The summed E-state index contributed by atoms with van der Waals surface area (Å²) in [4.78, 5) is 15.9. The highest BCUT2D eigenvalue weighted by atomic mass is 16.5. The molecule has 1 amide bonds. The van der Waals surface area contributed by atoms with E-state index in [1.54, 1.807) is 18.3 Å². The summed E-state index contributed by atoms with van der Waals surface area (Å²) in [6, 6.07) is 3.60. The van der Waals surface area contributed by atoms with Crippen molar-refractivity contribution in [2.24, 2.45) is 0 Å². The van der Waals surface area contributed by atoms with Gasteiger partial charge < -0.3 is 10.1 Å². The van der Waals surface area contributed by atoms with Gasteiger partial charge in [-0.1, -0.05) is 6.92 Å². The Bertz CT molecular complexity index is 353. The Morgan fingerprint density at radius 1 is 1.56 bits per heavy atom. The zero-order valence-electron chi connectivity index (χ0n) is 9.99. The van der Waals surface area contributed by atoms with Gasteiger partial charge in [-0.3, -0.25) is 4.79 Å². The molecule has 0 saturated carbocycles.